The van der Waals surface area contributed by atoms with E-state index >= 15 is 0 Å². The molecule has 0 N–H and O–H groups in total. The van der Waals surface area contributed by atoms with Gasteiger partial charge in [0.25, 0.3) is 5.69 Å². The molecule has 27 heavy (non-hydrogen) atoms. The largest absolute Gasteiger partial charge is 0.360 e. The van der Waals surface area contributed by atoms with Crippen molar-refractivity contribution in [2.45, 2.75) is 24.7 Å². The van der Waals surface area contributed by atoms with Crippen LogP contribution in [0.5, 0.6) is 0 Å². The molecule has 1 atom stereocenters. The molecule has 1 amide bonds. The van der Waals surface area contributed by atoms with Gasteiger partial charge in [0.05, 0.1) is 16.4 Å². The van der Waals surface area contributed by atoms with Gasteiger partial charge >= 0.3 is 0 Å². The zero-order valence-corrected chi connectivity index (χ0v) is 16.9. The van der Waals surface area contributed by atoms with E-state index in [-0.39, 0.29) is 34.6 Å². The van der Waals surface area contributed by atoms with Crippen LogP contribution in [-0.2, 0) is 14.8 Å². The van der Waals surface area contributed by atoms with E-state index in [9.17, 15) is 23.3 Å². The Morgan fingerprint density at radius 3 is 2.56 bits per heavy atom. The van der Waals surface area contributed by atoms with Gasteiger partial charge in [0.2, 0.25) is 15.9 Å². The minimum Gasteiger partial charge on any atom is -0.360 e. The fourth-order valence-electron chi connectivity index (χ4n) is 3.08. The molecule has 1 aliphatic heterocycles. The average molecular weight is 398 g/mol. The highest BCUT2D eigenvalue weighted by atomic mass is 32.2. The lowest BCUT2D eigenvalue weighted by molar-refractivity contribution is -0.384. The Bertz CT molecular complexity index is 825. The first kappa shape index (κ1) is 21.1. The number of sulfonamides is 1. The highest BCUT2D eigenvalue weighted by Crippen LogP contribution is 2.32. The predicted octanol–water partition coefficient (Wildman–Crippen LogP) is 1.54. The Kier molecular flexibility index (Phi) is 6.42. The smallest absolute Gasteiger partial charge is 0.293 e. The summed E-state index contributed by atoms with van der Waals surface area (Å²) in [5.74, 6) is 0.0387. The summed E-state index contributed by atoms with van der Waals surface area (Å²) in [4.78, 5) is 25.5. The summed E-state index contributed by atoms with van der Waals surface area (Å²) in [6.07, 6.45) is 1.74. The first-order valence-electron chi connectivity index (χ1n) is 8.74. The first-order chi connectivity index (χ1) is 12.5. The number of nitro groups is 1. The van der Waals surface area contributed by atoms with E-state index in [1.807, 2.05) is 6.92 Å². The zero-order valence-electron chi connectivity index (χ0n) is 16.1. The second-order valence-electron chi connectivity index (χ2n) is 7.16. The Morgan fingerprint density at radius 1 is 1.33 bits per heavy atom. The first-order valence-corrected chi connectivity index (χ1v) is 10.2. The number of hydrogen-bond donors (Lipinski definition) is 0. The van der Waals surface area contributed by atoms with Crippen LogP contribution in [0.1, 0.15) is 19.8 Å². The summed E-state index contributed by atoms with van der Waals surface area (Å²) in [7, 11) is 0.959. The van der Waals surface area contributed by atoms with Crippen molar-refractivity contribution >= 4 is 27.3 Å². The third-order valence-corrected chi connectivity index (χ3v) is 6.54. The summed E-state index contributed by atoms with van der Waals surface area (Å²) >= 11 is 0. The maximum atomic E-state index is 12.9. The lowest BCUT2D eigenvalue weighted by Gasteiger charge is -2.30. The molecular formula is C17H26N4O5S. The fraction of sp³-hybridized carbons (Fsp3) is 0.588. The third kappa shape index (κ3) is 4.75. The second-order valence-corrected chi connectivity index (χ2v) is 9.10. The molecule has 2 rings (SSSR count). The molecule has 0 aromatic heterocycles. The maximum Gasteiger partial charge on any atom is 0.293 e. The SMILES string of the molecule is C[C@H]1CCCN(S(=O)(=O)c2ccc(N(C)CC(=O)N(C)C)c([N+](=O)[O-])c2)C1. The van der Waals surface area contributed by atoms with E-state index in [1.54, 1.807) is 21.1 Å². The van der Waals surface area contributed by atoms with E-state index in [2.05, 4.69) is 0 Å². The zero-order chi connectivity index (χ0) is 20.4. The van der Waals surface area contributed by atoms with E-state index in [4.69, 9.17) is 0 Å². The molecule has 1 aliphatic rings. The van der Waals surface area contributed by atoms with Crippen molar-refractivity contribution in [3.63, 3.8) is 0 Å². The van der Waals surface area contributed by atoms with E-state index in [0.717, 1.165) is 18.9 Å². The molecule has 0 bridgehead atoms. The van der Waals surface area contributed by atoms with Gasteiger partial charge in [-0.25, -0.2) is 8.42 Å². The molecule has 1 aromatic rings. The molecule has 150 valence electrons. The molecule has 0 spiro atoms. The number of carbonyl (C=O) groups is 1. The lowest BCUT2D eigenvalue weighted by Crippen LogP contribution is -2.39. The van der Waals surface area contributed by atoms with Crippen LogP contribution in [0.15, 0.2) is 23.1 Å². The maximum absolute atomic E-state index is 12.9. The van der Waals surface area contributed by atoms with E-state index < -0.39 is 14.9 Å². The summed E-state index contributed by atoms with van der Waals surface area (Å²) in [6.45, 7) is 2.77. The van der Waals surface area contributed by atoms with Crippen molar-refractivity contribution in [2.24, 2.45) is 5.92 Å². The van der Waals surface area contributed by atoms with Crippen molar-refractivity contribution in [1.82, 2.24) is 9.21 Å². The average Bonchev–Trinajstić information content (AvgIpc) is 2.60. The van der Waals surface area contributed by atoms with Crippen LogP contribution >= 0.6 is 0 Å². The molecule has 0 unspecified atom stereocenters. The second kappa shape index (κ2) is 8.22. The Morgan fingerprint density at radius 2 is 2.00 bits per heavy atom. The summed E-state index contributed by atoms with van der Waals surface area (Å²) < 4.78 is 27.2. The molecule has 10 heteroatoms. The Hall–Kier alpha value is -2.20. The number of anilines is 1. The predicted molar refractivity (Wildman–Crippen MR) is 102 cm³/mol. The van der Waals surface area contributed by atoms with E-state index in [0.29, 0.717) is 13.1 Å². The molecule has 0 aliphatic carbocycles. The van der Waals surface area contributed by atoms with Crippen LogP contribution < -0.4 is 4.90 Å². The Balaban J connectivity index is 2.37. The molecular weight excluding hydrogens is 372 g/mol. The molecule has 1 aromatic carbocycles. The normalized spacial score (nSPS) is 18.1. The highest BCUT2D eigenvalue weighted by Gasteiger charge is 2.31. The van der Waals surface area contributed by atoms with Crippen molar-refractivity contribution in [3.8, 4) is 0 Å². The van der Waals surface area contributed by atoms with Crippen LogP contribution in [0.4, 0.5) is 11.4 Å². The molecule has 1 heterocycles. The molecule has 0 radical (unpaired) electrons. The van der Waals surface area contributed by atoms with Crippen LogP contribution in [0.3, 0.4) is 0 Å². The Labute approximate surface area is 159 Å². The number of likely N-dealkylation sites (N-methyl/N-ethyl adjacent to an activating group) is 2. The molecule has 0 saturated carbocycles. The lowest BCUT2D eigenvalue weighted by atomic mass is 10.0. The van der Waals surface area contributed by atoms with Crippen molar-refractivity contribution < 1.29 is 18.1 Å². The van der Waals surface area contributed by atoms with Gasteiger partial charge < -0.3 is 9.80 Å². The van der Waals surface area contributed by atoms with Gasteiger partial charge in [-0.2, -0.15) is 4.31 Å². The minimum absolute atomic E-state index is 0.0520. The minimum atomic E-state index is -3.79. The fourth-order valence-corrected chi connectivity index (χ4v) is 4.69. The number of carbonyl (C=O) groups excluding carboxylic acids is 1. The summed E-state index contributed by atoms with van der Waals surface area (Å²) in [5, 5.41) is 11.5. The van der Waals surface area contributed by atoms with Crippen molar-refractivity contribution in [2.75, 3.05) is 45.7 Å². The summed E-state index contributed by atoms with van der Waals surface area (Å²) in [6, 6.07) is 3.84. The van der Waals surface area contributed by atoms with Gasteiger partial charge in [0, 0.05) is 40.3 Å². The molecule has 1 fully saturated rings. The highest BCUT2D eigenvalue weighted by molar-refractivity contribution is 7.89. The van der Waals surface area contributed by atoms with E-state index in [1.165, 1.54) is 26.2 Å². The van der Waals surface area contributed by atoms with Gasteiger partial charge in [-0.3, -0.25) is 14.9 Å². The number of nitrogens with zero attached hydrogens (tertiary/aromatic N) is 4. The van der Waals surface area contributed by atoms with Crippen molar-refractivity contribution in [3.05, 3.63) is 28.3 Å². The monoisotopic (exact) mass is 398 g/mol. The van der Waals surface area contributed by atoms with Gasteiger partial charge in [-0.05, 0) is 30.9 Å². The van der Waals surface area contributed by atoms with Gasteiger partial charge in [-0.15, -0.1) is 0 Å². The van der Waals surface area contributed by atoms with Crippen LogP contribution in [-0.4, -0.2) is 69.2 Å². The van der Waals surface area contributed by atoms with Gasteiger partial charge in [0.15, 0.2) is 0 Å². The molecule has 9 nitrogen and oxygen atoms in total. The number of benzene rings is 1. The number of piperidine rings is 1. The van der Waals surface area contributed by atoms with Gasteiger partial charge in [0.1, 0.15) is 5.69 Å². The van der Waals surface area contributed by atoms with Crippen molar-refractivity contribution in [1.29, 1.82) is 0 Å². The topological polar surface area (TPSA) is 104 Å². The number of hydrogen-bond acceptors (Lipinski definition) is 6. The molecule has 1 saturated heterocycles. The number of nitro benzene ring substituents is 1. The summed E-state index contributed by atoms with van der Waals surface area (Å²) in [5.41, 5.74) is -0.142. The standard InChI is InChI=1S/C17H26N4O5S/c1-13-6-5-9-20(11-13)27(25,26)14-7-8-15(16(10-14)21(23)24)19(4)12-17(22)18(2)3/h7-8,10,13H,5-6,9,11-12H2,1-4H3/t13-/m0/s1. The van der Waals surface area contributed by atoms with Crippen LogP contribution in [0, 0.1) is 16.0 Å². The number of amides is 1. The number of rotatable bonds is 6. The van der Waals surface area contributed by atoms with Gasteiger partial charge in [-0.1, -0.05) is 6.92 Å². The third-order valence-electron chi connectivity index (χ3n) is 4.68. The quantitative estimate of drug-likeness (QED) is 0.532. The van der Waals surface area contributed by atoms with Crippen LogP contribution in [0.2, 0.25) is 0 Å². The van der Waals surface area contributed by atoms with Crippen LogP contribution in [0.25, 0.3) is 0 Å².